The molecular weight excluding hydrogens is 485 g/mol. The van der Waals surface area contributed by atoms with Gasteiger partial charge >= 0.3 is 0 Å². The quantitative estimate of drug-likeness (QED) is 0.411. The average Bonchev–Trinajstić information content (AvgIpc) is 3.58. The van der Waals surface area contributed by atoms with Gasteiger partial charge in [0, 0.05) is 35.9 Å². The van der Waals surface area contributed by atoms with Crippen molar-refractivity contribution in [1.82, 2.24) is 29.3 Å². The zero-order valence-corrected chi connectivity index (χ0v) is 20.9. The zero-order chi connectivity index (χ0) is 25.1. The Labute approximate surface area is 211 Å². The highest BCUT2D eigenvalue weighted by Crippen LogP contribution is 2.36. The largest absolute Gasteiger partial charge is 0.367 e. The number of ether oxygens (including phenoxy) is 1. The number of rotatable bonds is 4. The summed E-state index contributed by atoms with van der Waals surface area (Å²) in [5, 5.41) is 4.77. The first-order chi connectivity index (χ1) is 17.3. The van der Waals surface area contributed by atoms with Crippen molar-refractivity contribution in [3.63, 3.8) is 0 Å². The molecule has 4 heterocycles. The predicted molar refractivity (Wildman–Crippen MR) is 134 cm³/mol. The molecule has 0 spiro atoms. The van der Waals surface area contributed by atoms with E-state index in [0.717, 1.165) is 18.4 Å². The molecule has 9 nitrogen and oxygen atoms in total. The first-order valence-corrected chi connectivity index (χ1v) is 12.3. The van der Waals surface area contributed by atoms with Gasteiger partial charge in [-0.2, -0.15) is 5.10 Å². The molecule has 2 aliphatic rings. The topological polar surface area (TPSA) is 91.0 Å². The van der Waals surface area contributed by atoms with Gasteiger partial charge in [-0.05, 0) is 44.9 Å². The second kappa shape index (κ2) is 8.63. The molecule has 1 aliphatic carbocycles. The van der Waals surface area contributed by atoms with Gasteiger partial charge in [0.25, 0.3) is 5.56 Å². The Balaban J connectivity index is 1.47. The first-order valence-electron chi connectivity index (χ1n) is 11.9. The van der Waals surface area contributed by atoms with Crippen molar-refractivity contribution in [2.75, 3.05) is 18.0 Å². The van der Waals surface area contributed by atoms with Crippen LogP contribution in [0, 0.1) is 12.7 Å². The van der Waals surface area contributed by atoms with Crippen LogP contribution >= 0.6 is 11.6 Å². The standard InChI is InChI=1S/C25H25ClFN7O2/c1-13-10-33(12-20(36-13)15-9-28-34(11-15)17-5-6-17)25-30-21(18-7-4-16(26)8-19(18)27)22-23(31-25)24(35)32(3)14(2)29-22/h4,7-9,11,13,17,20H,5-6,10,12H2,1-3H3/t13-,20-/m1/s1. The minimum Gasteiger partial charge on any atom is -0.367 e. The number of fused-ring (bicyclic) bond motifs is 1. The van der Waals surface area contributed by atoms with E-state index in [0.29, 0.717) is 30.9 Å². The molecule has 0 radical (unpaired) electrons. The number of aryl methyl sites for hydroxylation is 1. The highest BCUT2D eigenvalue weighted by atomic mass is 35.5. The number of benzene rings is 1. The number of hydrogen-bond acceptors (Lipinski definition) is 7. The highest BCUT2D eigenvalue weighted by molar-refractivity contribution is 6.30. The highest BCUT2D eigenvalue weighted by Gasteiger charge is 2.32. The molecule has 0 bridgehead atoms. The van der Waals surface area contributed by atoms with Crippen LogP contribution in [0.15, 0.2) is 35.4 Å². The van der Waals surface area contributed by atoms with Gasteiger partial charge in [-0.3, -0.25) is 14.0 Å². The average molecular weight is 510 g/mol. The van der Waals surface area contributed by atoms with Gasteiger partial charge in [0.15, 0.2) is 5.52 Å². The third-order valence-corrected chi connectivity index (χ3v) is 7.02. The smallest absolute Gasteiger partial charge is 0.279 e. The van der Waals surface area contributed by atoms with Crippen LogP contribution in [-0.2, 0) is 11.8 Å². The van der Waals surface area contributed by atoms with Crippen LogP contribution in [0.2, 0.25) is 5.02 Å². The number of morpholine rings is 1. The second-order valence-corrected chi connectivity index (χ2v) is 9.98. The zero-order valence-electron chi connectivity index (χ0n) is 20.2. The number of halogens is 2. The minimum atomic E-state index is -0.547. The molecule has 0 N–H and O–H groups in total. The summed E-state index contributed by atoms with van der Waals surface area (Å²) in [7, 11) is 1.64. The summed E-state index contributed by atoms with van der Waals surface area (Å²) in [4.78, 5) is 29.1. The molecule has 3 aromatic heterocycles. The molecule has 6 rings (SSSR count). The van der Waals surface area contributed by atoms with Crippen LogP contribution in [0.25, 0.3) is 22.3 Å². The van der Waals surface area contributed by atoms with E-state index in [1.807, 2.05) is 28.9 Å². The lowest BCUT2D eigenvalue weighted by Crippen LogP contribution is -2.43. The normalized spacial score (nSPS) is 20.3. The van der Waals surface area contributed by atoms with E-state index < -0.39 is 5.82 Å². The lowest BCUT2D eigenvalue weighted by molar-refractivity contribution is -0.0178. The fourth-order valence-corrected chi connectivity index (χ4v) is 4.77. The van der Waals surface area contributed by atoms with Gasteiger partial charge < -0.3 is 9.64 Å². The lowest BCUT2D eigenvalue weighted by Gasteiger charge is -2.36. The number of hydrogen-bond donors (Lipinski definition) is 0. The Bertz CT molecular complexity index is 1550. The molecule has 2 fully saturated rings. The SMILES string of the molecule is Cc1nc2c(-c3ccc(Cl)cc3F)nc(N3C[C@@H](C)O[C@@H](c4cnn(C5CC5)c4)C3)nc2c(=O)n1C. The van der Waals surface area contributed by atoms with E-state index in [1.54, 1.807) is 26.1 Å². The molecule has 0 amide bonds. The van der Waals surface area contributed by atoms with Crippen molar-refractivity contribution in [3.05, 3.63) is 63.2 Å². The Morgan fingerprint density at radius 1 is 1.14 bits per heavy atom. The fraction of sp³-hybridized carbons (Fsp3) is 0.400. The molecule has 11 heteroatoms. The second-order valence-electron chi connectivity index (χ2n) is 9.54. The van der Waals surface area contributed by atoms with Gasteiger partial charge in [0.05, 0.1) is 24.9 Å². The number of nitrogens with zero attached hydrogens (tertiary/aromatic N) is 7. The van der Waals surface area contributed by atoms with E-state index in [9.17, 15) is 4.79 Å². The maximum absolute atomic E-state index is 15.0. The molecule has 1 aromatic carbocycles. The molecule has 2 atom stereocenters. The maximum Gasteiger partial charge on any atom is 0.279 e. The van der Waals surface area contributed by atoms with E-state index in [1.165, 1.54) is 10.6 Å². The third-order valence-electron chi connectivity index (χ3n) is 6.78. The van der Waals surface area contributed by atoms with Gasteiger partial charge in [0.1, 0.15) is 29.0 Å². The van der Waals surface area contributed by atoms with Crippen molar-refractivity contribution in [3.8, 4) is 11.3 Å². The predicted octanol–water partition coefficient (Wildman–Crippen LogP) is 3.99. The molecule has 1 aliphatic heterocycles. The van der Waals surface area contributed by atoms with E-state index in [2.05, 4.69) is 15.1 Å². The lowest BCUT2D eigenvalue weighted by atomic mass is 10.1. The van der Waals surface area contributed by atoms with E-state index in [-0.39, 0.29) is 45.1 Å². The van der Waals surface area contributed by atoms with Crippen LogP contribution in [0.4, 0.5) is 10.3 Å². The summed E-state index contributed by atoms with van der Waals surface area (Å²) in [6, 6.07) is 4.84. The summed E-state index contributed by atoms with van der Waals surface area (Å²) >= 11 is 5.99. The molecule has 186 valence electrons. The van der Waals surface area contributed by atoms with Crippen molar-refractivity contribution in [2.24, 2.45) is 7.05 Å². The number of anilines is 1. The minimum absolute atomic E-state index is 0.123. The van der Waals surface area contributed by atoms with E-state index in [4.69, 9.17) is 21.3 Å². The van der Waals surface area contributed by atoms with Crippen LogP contribution in [0.5, 0.6) is 0 Å². The van der Waals surface area contributed by atoms with Gasteiger partial charge in [-0.15, -0.1) is 0 Å². The summed E-state index contributed by atoms with van der Waals surface area (Å²) in [5.41, 5.74) is 1.51. The molecule has 36 heavy (non-hydrogen) atoms. The molecule has 4 aromatic rings. The van der Waals surface area contributed by atoms with Crippen LogP contribution in [0.1, 0.15) is 43.3 Å². The van der Waals surface area contributed by atoms with Crippen LogP contribution in [0.3, 0.4) is 0 Å². The Morgan fingerprint density at radius 3 is 2.69 bits per heavy atom. The van der Waals surface area contributed by atoms with Crippen LogP contribution < -0.4 is 10.5 Å². The van der Waals surface area contributed by atoms with E-state index >= 15 is 4.39 Å². The van der Waals surface area contributed by atoms with Crippen molar-refractivity contribution < 1.29 is 9.13 Å². The number of aromatic nitrogens is 6. The van der Waals surface area contributed by atoms with Gasteiger partial charge in [0.2, 0.25) is 5.95 Å². The summed E-state index contributed by atoms with van der Waals surface area (Å²) < 4.78 is 24.7. The summed E-state index contributed by atoms with van der Waals surface area (Å²) in [6.45, 7) is 4.68. The summed E-state index contributed by atoms with van der Waals surface area (Å²) in [6.07, 6.45) is 5.81. The Hall–Kier alpha value is -3.37. The molecule has 0 unspecified atom stereocenters. The Kier molecular flexibility index (Phi) is 5.53. The van der Waals surface area contributed by atoms with Crippen LogP contribution in [-0.4, -0.2) is 48.5 Å². The summed E-state index contributed by atoms with van der Waals surface area (Å²) in [5.74, 6) is 0.255. The van der Waals surface area contributed by atoms with Crippen molar-refractivity contribution in [1.29, 1.82) is 0 Å². The monoisotopic (exact) mass is 509 g/mol. The fourth-order valence-electron chi connectivity index (χ4n) is 4.61. The maximum atomic E-state index is 15.0. The first kappa shape index (κ1) is 23.1. The third kappa shape index (κ3) is 4.04. The van der Waals surface area contributed by atoms with Crippen molar-refractivity contribution in [2.45, 2.75) is 44.9 Å². The molecule has 1 saturated heterocycles. The Morgan fingerprint density at radius 2 is 1.94 bits per heavy atom. The molecule has 1 saturated carbocycles. The molecular formula is C25H25ClFN7O2. The van der Waals surface area contributed by atoms with Crippen molar-refractivity contribution >= 4 is 28.6 Å². The van der Waals surface area contributed by atoms with Gasteiger partial charge in [-0.25, -0.2) is 19.3 Å². The van der Waals surface area contributed by atoms with Gasteiger partial charge in [-0.1, -0.05) is 11.6 Å².